The van der Waals surface area contributed by atoms with Gasteiger partial charge >= 0.3 is 6.18 Å². The topological polar surface area (TPSA) is 29.0 Å². The van der Waals surface area contributed by atoms with Crippen molar-refractivity contribution in [2.75, 3.05) is 11.4 Å². The number of alkyl halides is 3. The van der Waals surface area contributed by atoms with Crippen molar-refractivity contribution in [3.63, 3.8) is 0 Å². The van der Waals surface area contributed by atoms with Crippen LogP contribution in [0.25, 0.3) is 0 Å². The van der Waals surface area contributed by atoms with E-state index in [4.69, 9.17) is 0 Å². The van der Waals surface area contributed by atoms with Crippen molar-refractivity contribution in [2.24, 2.45) is 0 Å². The number of piperidine rings is 1. The molecule has 0 unspecified atom stereocenters. The first-order valence-corrected chi connectivity index (χ1v) is 7.27. The van der Waals surface area contributed by atoms with Gasteiger partial charge in [-0.1, -0.05) is 30.3 Å². The molecule has 6 heteroatoms. The molecule has 0 amide bonds. The van der Waals surface area contributed by atoms with Gasteiger partial charge in [-0.2, -0.15) is 13.2 Å². The zero-order chi connectivity index (χ0) is 15.6. The molecule has 0 aliphatic carbocycles. The second-order valence-corrected chi connectivity index (χ2v) is 5.36. The summed E-state index contributed by atoms with van der Waals surface area (Å²) in [5.41, 5.74) is 0.193. The molecule has 1 saturated heterocycles. The van der Waals surface area contributed by atoms with E-state index in [-0.39, 0.29) is 12.0 Å². The van der Waals surface area contributed by atoms with E-state index >= 15 is 0 Å². The van der Waals surface area contributed by atoms with E-state index in [1.165, 1.54) is 6.20 Å². The molecule has 0 saturated carbocycles. The molecule has 2 heterocycles. The molecular formula is C16H16F3N3. The van der Waals surface area contributed by atoms with E-state index in [9.17, 15) is 13.2 Å². The molecule has 0 radical (unpaired) electrons. The number of halogens is 3. The lowest BCUT2D eigenvalue weighted by Crippen LogP contribution is -2.35. The Morgan fingerprint density at radius 2 is 1.82 bits per heavy atom. The summed E-state index contributed by atoms with van der Waals surface area (Å²) >= 11 is 0. The normalized spacial score (nSPS) is 19.2. The zero-order valence-corrected chi connectivity index (χ0v) is 11.9. The average molecular weight is 307 g/mol. The third-order valence-corrected chi connectivity index (χ3v) is 3.88. The van der Waals surface area contributed by atoms with Gasteiger partial charge in [-0.25, -0.2) is 9.97 Å². The fourth-order valence-electron chi connectivity index (χ4n) is 2.84. The zero-order valence-electron chi connectivity index (χ0n) is 11.9. The molecule has 2 aromatic rings. The average Bonchev–Trinajstić information content (AvgIpc) is 2.55. The van der Waals surface area contributed by atoms with Crippen LogP contribution < -0.4 is 4.90 Å². The highest BCUT2D eigenvalue weighted by Crippen LogP contribution is 2.34. The molecule has 1 aliphatic heterocycles. The Morgan fingerprint density at radius 3 is 2.55 bits per heavy atom. The lowest BCUT2D eigenvalue weighted by atomic mass is 9.95. The number of benzene rings is 1. The van der Waals surface area contributed by atoms with E-state index in [2.05, 4.69) is 9.97 Å². The number of nitrogens with zero attached hydrogens (tertiary/aromatic N) is 3. The lowest BCUT2D eigenvalue weighted by Gasteiger charge is -2.36. The first kappa shape index (κ1) is 14.8. The molecule has 1 atom stereocenters. The van der Waals surface area contributed by atoms with Crippen LogP contribution in [0.2, 0.25) is 0 Å². The third kappa shape index (κ3) is 3.05. The fourth-order valence-corrected chi connectivity index (χ4v) is 2.84. The monoisotopic (exact) mass is 307 g/mol. The molecule has 0 bridgehead atoms. The molecule has 3 nitrogen and oxygen atoms in total. The molecule has 1 aliphatic rings. The predicted octanol–water partition coefficient (Wildman–Crippen LogP) is 4.23. The van der Waals surface area contributed by atoms with E-state index in [1.54, 1.807) is 0 Å². The van der Waals surface area contributed by atoms with Gasteiger partial charge in [-0.3, -0.25) is 0 Å². The van der Waals surface area contributed by atoms with E-state index in [0.29, 0.717) is 6.54 Å². The van der Waals surface area contributed by atoms with Crippen LogP contribution in [-0.2, 0) is 6.18 Å². The van der Waals surface area contributed by atoms with Gasteiger partial charge in [0.15, 0.2) is 0 Å². The summed E-state index contributed by atoms with van der Waals surface area (Å²) in [4.78, 5) is 9.68. The number of anilines is 1. The minimum atomic E-state index is -4.45. The summed E-state index contributed by atoms with van der Waals surface area (Å²) in [7, 11) is 0. The molecule has 116 valence electrons. The minimum absolute atomic E-state index is 0.0263. The largest absolute Gasteiger partial charge is 0.433 e. The quantitative estimate of drug-likeness (QED) is 0.831. The van der Waals surface area contributed by atoms with Gasteiger partial charge in [-0.15, -0.1) is 0 Å². The summed E-state index contributed by atoms with van der Waals surface area (Å²) in [5.74, 6) is 0.156. The molecule has 3 rings (SSSR count). The highest BCUT2D eigenvalue weighted by atomic mass is 19.4. The van der Waals surface area contributed by atoms with Crippen LogP contribution in [-0.4, -0.2) is 16.5 Å². The lowest BCUT2D eigenvalue weighted by molar-refractivity contribution is -0.141. The van der Waals surface area contributed by atoms with Crippen molar-refractivity contribution >= 4 is 5.95 Å². The number of hydrogen-bond donors (Lipinski definition) is 0. The van der Waals surface area contributed by atoms with Gasteiger partial charge in [0.25, 0.3) is 0 Å². The van der Waals surface area contributed by atoms with Crippen LogP contribution in [0.5, 0.6) is 0 Å². The van der Waals surface area contributed by atoms with Gasteiger partial charge in [-0.05, 0) is 30.9 Å². The first-order valence-electron chi connectivity index (χ1n) is 7.27. The minimum Gasteiger partial charge on any atom is -0.334 e. The molecule has 1 aromatic heterocycles. The van der Waals surface area contributed by atoms with Crippen molar-refractivity contribution in [3.05, 3.63) is 53.9 Å². The summed E-state index contributed by atoms with van der Waals surface area (Å²) < 4.78 is 38.5. The first-order chi connectivity index (χ1) is 10.6. The van der Waals surface area contributed by atoms with Crippen LogP contribution in [0.15, 0.2) is 42.6 Å². The van der Waals surface area contributed by atoms with E-state index < -0.39 is 11.9 Å². The molecule has 22 heavy (non-hydrogen) atoms. The Bertz CT molecular complexity index is 628. The van der Waals surface area contributed by atoms with Crippen LogP contribution in [0, 0.1) is 0 Å². The molecular weight excluding hydrogens is 291 g/mol. The summed E-state index contributed by atoms with van der Waals surface area (Å²) in [6.45, 7) is 0.668. The number of hydrogen-bond acceptors (Lipinski definition) is 3. The van der Waals surface area contributed by atoms with Gasteiger partial charge in [0.2, 0.25) is 5.95 Å². The van der Waals surface area contributed by atoms with Crippen molar-refractivity contribution in [2.45, 2.75) is 31.5 Å². The third-order valence-electron chi connectivity index (χ3n) is 3.88. The van der Waals surface area contributed by atoms with Crippen molar-refractivity contribution in [1.29, 1.82) is 0 Å². The Balaban J connectivity index is 1.94. The van der Waals surface area contributed by atoms with Crippen molar-refractivity contribution in [1.82, 2.24) is 9.97 Å². The standard InChI is InChI=1S/C16H16F3N3/c17-16(18,19)14-9-10-20-15(21-14)22-11-5-4-8-13(22)12-6-2-1-3-7-12/h1-3,6-7,9-10,13H,4-5,8,11H2/t13-/m1/s1. The number of rotatable bonds is 2. The highest BCUT2D eigenvalue weighted by Gasteiger charge is 2.34. The highest BCUT2D eigenvalue weighted by molar-refractivity contribution is 5.38. The van der Waals surface area contributed by atoms with Crippen LogP contribution >= 0.6 is 0 Å². The smallest absolute Gasteiger partial charge is 0.334 e. The van der Waals surface area contributed by atoms with Gasteiger partial charge < -0.3 is 4.90 Å². The second-order valence-electron chi connectivity index (χ2n) is 5.36. The van der Waals surface area contributed by atoms with Gasteiger partial charge in [0.05, 0.1) is 6.04 Å². The predicted molar refractivity (Wildman–Crippen MR) is 77.4 cm³/mol. The van der Waals surface area contributed by atoms with Crippen LogP contribution in [0.1, 0.15) is 36.6 Å². The summed E-state index contributed by atoms with van der Waals surface area (Å²) in [6.07, 6.45) is -0.390. The van der Waals surface area contributed by atoms with Crippen molar-refractivity contribution in [3.8, 4) is 0 Å². The van der Waals surface area contributed by atoms with Gasteiger partial charge in [0.1, 0.15) is 5.69 Å². The number of aromatic nitrogens is 2. The van der Waals surface area contributed by atoms with Crippen LogP contribution in [0.4, 0.5) is 19.1 Å². The maximum absolute atomic E-state index is 12.8. The summed E-state index contributed by atoms with van der Waals surface area (Å²) in [6, 6.07) is 10.7. The molecule has 1 fully saturated rings. The van der Waals surface area contributed by atoms with E-state index in [0.717, 1.165) is 30.9 Å². The maximum atomic E-state index is 12.8. The second kappa shape index (κ2) is 5.94. The van der Waals surface area contributed by atoms with Crippen LogP contribution in [0.3, 0.4) is 0 Å². The molecule has 0 N–H and O–H groups in total. The Labute approximate surface area is 126 Å². The van der Waals surface area contributed by atoms with E-state index in [1.807, 2.05) is 35.2 Å². The Hall–Kier alpha value is -2.11. The maximum Gasteiger partial charge on any atom is 0.433 e. The molecule has 0 spiro atoms. The van der Waals surface area contributed by atoms with Gasteiger partial charge in [0, 0.05) is 12.7 Å². The SMILES string of the molecule is FC(F)(F)c1ccnc(N2CCCC[C@@H]2c2ccccc2)n1. The Kier molecular flexibility index (Phi) is 4.00. The molecule has 1 aromatic carbocycles. The van der Waals surface area contributed by atoms with Crippen molar-refractivity contribution < 1.29 is 13.2 Å². The Morgan fingerprint density at radius 1 is 1.05 bits per heavy atom. The fraction of sp³-hybridized carbons (Fsp3) is 0.375. The summed E-state index contributed by atoms with van der Waals surface area (Å²) in [5, 5.41) is 0.